The Morgan fingerprint density at radius 3 is 2.93 bits per heavy atom. The SMILES string of the molecule is O=C(O)c1cc2cc(F)c(Cl)nc2[nH]1. The number of aromatic amines is 1. The maximum absolute atomic E-state index is 12.9. The fourth-order valence-corrected chi connectivity index (χ4v) is 1.26. The summed E-state index contributed by atoms with van der Waals surface area (Å²) in [6.07, 6.45) is 0. The average molecular weight is 215 g/mol. The van der Waals surface area contributed by atoms with E-state index in [2.05, 4.69) is 9.97 Å². The molecule has 72 valence electrons. The molecule has 14 heavy (non-hydrogen) atoms. The fraction of sp³-hybridized carbons (Fsp3) is 0. The highest BCUT2D eigenvalue weighted by atomic mass is 35.5. The Balaban J connectivity index is 2.72. The molecule has 0 aliphatic carbocycles. The van der Waals surface area contributed by atoms with E-state index in [-0.39, 0.29) is 16.5 Å². The predicted molar refractivity (Wildman–Crippen MR) is 48.0 cm³/mol. The number of carbonyl (C=O) groups is 1. The topological polar surface area (TPSA) is 66.0 Å². The van der Waals surface area contributed by atoms with Gasteiger partial charge in [-0.3, -0.25) is 0 Å². The van der Waals surface area contributed by atoms with Crippen LogP contribution in [-0.2, 0) is 0 Å². The number of rotatable bonds is 1. The Labute approximate surface area is 82.3 Å². The first kappa shape index (κ1) is 8.96. The van der Waals surface area contributed by atoms with Crippen LogP contribution < -0.4 is 0 Å². The zero-order valence-corrected chi connectivity index (χ0v) is 7.47. The second-order valence-corrected chi connectivity index (χ2v) is 3.05. The van der Waals surface area contributed by atoms with Crippen molar-refractivity contribution < 1.29 is 14.3 Å². The molecule has 6 heteroatoms. The third kappa shape index (κ3) is 1.31. The van der Waals surface area contributed by atoms with Crippen LogP contribution in [0.4, 0.5) is 4.39 Å². The molecule has 2 N–H and O–H groups in total. The lowest BCUT2D eigenvalue weighted by atomic mass is 10.3. The van der Waals surface area contributed by atoms with Gasteiger partial charge in [0.2, 0.25) is 0 Å². The minimum absolute atomic E-state index is 0.0471. The van der Waals surface area contributed by atoms with Gasteiger partial charge in [-0.2, -0.15) is 0 Å². The number of nitrogens with zero attached hydrogens (tertiary/aromatic N) is 1. The maximum atomic E-state index is 12.9. The van der Waals surface area contributed by atoms with Crippen LogP contribution in [0.5, 0.6) is 0 Å². The molecular formula is C8H4ClFN2O2. The molecule has 0 fully saturated rings. The predicted octanol–water partition coefficient (Wildman–Crippen LogP) is 2.05. The molecule has 2 aromatic rings. The van der Waals surface area contributed by atoms with Crippen LogP contribution in [0.1, 0.15) is 10.5 Å². The van der Waals surface area contributed by atoms with Crippen molar-refractivity contribution in [3.8, 4) is 0 Å². The molecule has 0 spiro atoms. The van der Waals surface area contributed by atoms with Gasteiger partial charge in [0.15, 0.2) is 11.0 Å². The molecule has 0 aromatic carbocycles. The fourth-order valence-electron chi connectivity index (χ4n) is 1.13. The first-order valence-electron chi connectivity index (χ1n) is 3.66. The summed E-state index contributed by atoms with van der Waals surface area (Å²) < 4.78 is 12.9. The summed E-state index contributed by atoms with van der Waals surface area (Å²) in [5.41, 5.74) is 0.211. The van der Waals surface area contributed by atoms with E-state index < -0.39 is 11.8 Å². The Morgan fingerprint density at radius 1 is 1.57 bits per heavy atom. The number of aromatic carboxylic acids is 1. The number of hydrogen-bond acceptors (Lipinski definition) is 2. The molecule has 2 heterocycles. The second-order valence-electron chi connectivity index (χ2n) is 2.69. The summed E-state index contributed by atoms with van der Waals surface area (Å²) in [5.74, 6) is -1.80. The second kappa shape index (κ2) is 2.95. The van der Waals surface area contributed by atoms with E-state index in [0.717, 1.165) is 6.07 Å². The monoisotopic (exact) mass is 214 g/mol. The Kier molecular flexibility index (Phi) is 1.89. The lowest BCUT2D eigenvalue weighted by Crippen LogP contribution is -1.95. The zero-order chi connectivity index (χ0) is 10.3. The molecule has 0 saturated carbocycles. The molecule has 0 aliphatic rings. The quantitative estimate of drug-likeness (QED) is 0.714. The highest BCUT2D eigenvalue weighted by Crippen LogP contribution is 2.19. The number of pyridine rings is 1. The number of fused-ring (bicyclic) bond motifs is 1. The van der Waals surface area contributed by atoms with Gasteiger partial charge in [-0.25, -0.2) is 14.2 Å². The van der Waals surface area contributed by atoms with E-state index in [1.54, 1.807) is 0 Å². The van der Waals surface area contributed by atoms with Gasteiger partial charge in [-0.05, 0) is 12.1 Å². The van der Waals surface area contributed by atoms with Crippen LogP contribution in [0.25, 0.3) is 11.0 Å². The zero-order valence-electron chi connectivity index (χ0n) is 6.71. The van der Waals surface area contributed by atoms with Crippen LogP contribution in [-0.4, -0.2) is 21.0 Å². The smallest absolute Gasteiger partial charge is 0.352 e. The molecule has 4 nitrogen and oxygen atoms in total. The molecule has 0 saturated heterocycles. The Morgan fingerprint density at radius 2 is 2.29 bits per heavy atom. The minimum atomic E-state index is -1.13. The van der Waals surface area contributed by atoms with Crippen molar-refractivity contribution in [3.05, 3.63) is 28.8 Å². The van der Waals surface area contributed by atoms with Crippen molar-refractivity contribution >= 4 is 28.6 Å². The van der Waals surface area contributed by atoms with Crippen molar-refractivity contribution in [3.63, 3.8) is 0 Å². The lowest BCUT2D eigenvalue weighted by molar-refractivity contribution is 0.0691. The molecular weight excluding hydrogens is 211 g/mol. The van der Waals surface area contributed by atoms with Gasteiger partial charge in [-0.1, -0.05) is 11.6 Å². The van der Waals surface area contributed by atoms with Gasteiger partial charge < -0.3 is 10.1 Å². The largest absolute Gasteiger partial charge is 0.477 e. The molecule has 0 aliphatic heterocycles. The van der Waals surface area contributed by atoms with Crippen molar-refractivity contribution in [1.29, 1.82) is 0 Å². The maximum Gasteiger partial charge on any atom is 0.352 e. The number of carboxylic acids is 1. The van der Waals surface area contributed by atoms with Crippen LogP contribution in [0.15, 0.2) is 12.1 Å². The van der Waals surface area contributed by atoms with E-state index in [1.807, 2.05) is 0 Å². The number of carboxylic acid groups (broad SMARTS) is 1. The van der Waals surface area contributed by atoms with Crippen molar-refractivity contribution in [2.45, 2.75) is 0 Å². The lowest BCUT2D eigenvalue weighted by Gasteiger charge is -1.92. The molecule has 0 bridgehead atoms. The van der Waals surface area contributed by atoms with Crippen molar-refractivity contribution in [2.24, 2.45) is 0 Å². The molecule has 2 rings (SSSR count). The van der Waals surface area contributed by atoms with Gasteiger partial charge in [0.1, 0.15) is 11.3 Å². The van der Waals surface area contributed by atoms with Crippen molar-refractivity contribution in [2.75, 3.05) is 0 Å². The molecule has 0 unspecified atom stereocenters. The van der Waals surface area contributed by atoms with Gasteiger partial charge in [-0.15, -0.1) is 0 Å². The van der Waals surface area contributed by atoms with Crippen molar-refractivity contribution in [1.82, 2.24) is 9.97 Å². The van der Waals surface area contributed by atoms with Gasteiger partial charge in [0.05, 0.1) is 0 Å². The normalized spacial score (nSPS) is 10.7. The van der Waals surface area contributed by atoms with Gasteiger partial charge in [0.25, 0.3) is 0 Å². The molecule has 2 aromatic heterocycles. The van der Waals surface area contributed by atoms with Crippen LogP contribution in [0, 0.1) is 5.82 Å². The third-order valence-corrected chi connectivity index (χ3v) is 2.01. The van der Waals surface area contributed by atoms with E-state index in [1.165, 1.54) is 6.07 Å². The summed E-state index contributed by atoms with van der Waals surface area (Å²) in [4.78, 5) is 16.7. The summed E-state index contributed by atoms with van der Waals surface area (Å²) in [6, 6.07) is 2.43. The average Bonchev–Trinajstić information content (AvgIpc) is 2.48. The van der Waals surface area contributed by atoms with Crippen LogP contribution in [0.3, 0.4) is 0 Å². The standard InChI is InChI=1S/C8H4ClFN2O2/c9-6-4(10)1-3-2-5(8(13)14)11-7(3)12-6/h1-2H,(H,11,12)(H,13,14). The Hall–Kier alpha value is -1.62. The number of halogens is 2. The van der Waals surface area contributed by atoms with Gasteiger partial charge in [0, 0.05) is 5.39 Å². The number of aromatic nitrogens is 2. The van der Waals surface area contributed by atoms with E-state index >= 15 is 0 Å². The number of hydrogen-bond donors (Lipinski definition) is 2. The highest BCUT2D eigenvalue weighted by Gasteiger charge is 2.10. The first-order valence-corrected chi connectivity index (χ1v) is 4.04. The number of nitrogens with one attached hydrogen (secondary N) is 1. The van der Waals surface area contributed by atoms with Crippen LogP contribution >= 0.6 is 11.6 Å². The number of H-pyrrole nitrogens is 1. The summed E-state index contributed by atoms with van der Waals surface area (Å²) in [6.45, 7) is 0. The molecule has 0 radical (unpaired) electrons. The first-order chi connectivity index (χ1) is 6.58. The van der Waals surface area contributed by atoms with E-state index in [0.29, 0.717) is 5.39 Å². The third-order valence-electron chi connectivity index (χ3n) is 1.75. The van der Waals surface area contributed by atoms with E-state index in [4.69, 9.17) is 16.7 Å². The summed E-state index contributed by atoms with van der Waals surface area (Å²) in [7, 11) is 0. The highest BCUT2D eigenvalue weighted by molar-refractivity contribution is 6.29. The summed E-state index contributed by atoms with van der Waals surface area (Å²) >= 11 is 5.42. The van der Waals surface area contributed by atoms with Crippen LogP contribution in [0.2, 0.25) is 5.15 Å². The van der Waals surface area contributed by atoms with Gasteiger partial charge >= 0.3 is 5.97 Å². The Bertz CT molecular complexity index is 484. The molecule has 0 atom stereocenters. The van der Waals surface area contributed by atoms with E-state index in [9.17, 15) is 9.18 Å². The molecule has 0 amide bonds. The minimum Gasteiger partial charge on any atom is -0.477 e. The summed E-state index contributed by atoms with van der Waals surface area (Å²) in [5, 5.41) is 8.74.